The summed E-state index contributed by atoms with van der Waals surface area (Å²) in [5, 5.41) is 5.71. The van der Waals surface area contributed by atoms with Gasteiger partial charge in [0.15, 0.2) is 5.11 Å². The number of aromatic nitrogens is 1. The molecule has 0 aliphatic heterocycles. The molecule has 1 atom stereocenters. The lowest BCUT2D eigenvalue weighted by Gasteiger charge is -2.28. The number of halogens is 6. The highest BCUT2D eigenvalue weighted by Gasteiger charge is 2.37. The summed E-state index contributed by atoms with van der Waals surface area (Å²) in [6, 6.07) is 4.62. The van der Waals surface area contributed by atoms with E-state index in [2.05, 4.69) is 15.6 Å². The van der Waals surface area contributed by atoms with Crippen LogP contribution >= 0.6 is 12.2 Å². The summed E-state index contributed by atoms with van der Waals surface area (Å²) in [6.07, 6.45) is -8.08. The lowest BCUT2D eigenvalue weighted by Crippen LogP contribution is -2.47. The molecular weight excluding hydrogens is 416 g/mol. The molecule has 2 aromatic rings. The van der Waals surface area contributed by atoms with Crippen molar-refractivity contribution in [2.24, 2.45) is 0 Å². The van der Waals surface area contributed by atoms with Crippen molar-refractivity contribution in [2.75, 3.05) is 0 Å². The number of hydrogen-bond donors (Lipinski definition) is 2. The Bertz CT molecular complexity index is 854. The van der Waals surface area contributed by atoms with E-state index in [1.807, 2.05) is 0 Å². The largest absolute Gasteiger partial charge is 0.418 e. The van der Waals surface area contributed by atoms with Crippen LogP contribution in [0.3, 0.4) is 0 Å². The normalized spacial score (nSPS) is 13.7. The van der Waals surface area contributed by atoms with Gasteiger partial charge in [-0.25, -0.2) is 0 Å². The number of rotatable bonds is 3. The van der Waals surface area contributed by atoms with E-state index in [0.717, 1.165) is 36.4 Å². The Morgan fingerprint density at radius 1 is 0.931 bits per heavy atom. The summed E-state index contributed by atoms with van der Waals surface area (Å²) in [4.78, 5) is 3.85. The lowest BCUT2D eigenvalue weighted by molar-refractivity contribution is -0.139. The zero-order valence-corrected chi connectivity index (χ0v) is 16.6. The average molecular weight is 435 g/mol. The molecule has 158 valence electrons. The molecule has 0 saturated heterocycles. The Labute approximate surface area is 169 Å². The quantitative estimate of drug-likeness (QED) is 0.495. The number of hydrogen-bond acceptors (Lipinski definition) is 2. The number of alkyl halides is 6. The molecule has 1 aromatic heterocycles. The molecular formula is C19H19F6N3S. The lowest BCUT2D eigenvalue weighted by atomic mass is 9.98. The zero-order valence-electron chi connectivity index (χ0n) is 15.7. The van der Waals surface area contributed by atoms with E-state index in [0.29, 0.717) is 0 Å². The van der Waals surface area contributed by atoms with Crippen LogP contribution < -0.4 is 10.6 Å². The number of nitrogens with one attached hydrogen (secondary N) is 2. The highest BCUT2D eigenvalue weighted by atomic mass is 32.1. The van der Waals surface area contributed by atoms with E-state index < -0.39 is 40.8 Å². The van der Waals surface area contributed by atoms with E-state index in [1.54, 1.807) is 20.8 Å². The summed E-state index contributed by atoms with van der Waals surface area (Å²) in [6.45, 7) is 5.40. The van der Waals surface area contributed by atoms with E-state index in [9.17, 15) is 26.3 Å². The maximum atomic E-state index is 13.5. The van der Waals surface area contributed by atoms with Gasteiger partial charge in [0, 0.05) is 11.7 Å². The van der Waals surface area contributed by atoms with Gasteiger partial charge >= 0.3 is 12.4 Å². The highest BCUT2D eigenvalue weighted by molar-refractivity contribution is 7.80. The molecule has 0 amide bonds. The molecule has 0 radical (unpaired) electrons. The molecule has 0 fully saturated rings. The first-order valence-electron chi connectivity index (χ1n) is 8.46. The molecule has 1 heterocycles. The second-order valence-corrected chi connectivity index (χ2v) is 7.74. The van der Waals surface area contributed by atoms with Crippen molar-refractivity contribution in [2.45, 2.75) is 44.7 Å². The van der Waals surface area contributed by atoms with Crippen molar-refractivity contribution in [3.05, 3.63) is 65.0 Å². The van der Waals surface area contributed by atoms with Gasteiger partial charge in [0.1, 0.15) is 0 Å². The summed E-state index contributed by atoms with van der Waals surface area (Å²) in [5.41, 5.74) is -2.63. The molecule has 3 nitrogen and oxygen atoms in total. The zero-order chi connectivity index (χ0) is 22.0. The fraction of sp³-hybridized carbons (Fsp3) is 0.368. The van der Waals surface area contributed by atoms with Gasteiger partial charge in [-0.1, -0.05) is 12.1 Å². The Morgan fingerprint density at radius 3 is 2.00 bits per heavy atom. The van der Waals surface area contributed by atoms with Crippen LogP contribution in [0.1, 0.15) is 49.2 Å². The maximum absolute atomic E-state index is 13.5. The van der Waals surface area contributed by atoms with Crippen molar-refractivity contribution < 1.29 is 26.3 Å². The Kier molecular flexibility index (Phi) is 6.46. The highest BCUT2D eigenvalue weighted by Crippen LogP contribution is 2.36. The predicted octanol–water partition coefficient (Wildman–Crippen LogP) is 5.47. The summed E-state index contributed by atoms with van der Waals surface area (Å²) >= 11 is 5.19. The Morgan fingerprint density at radius 2 is 1.52 bits per heavy atom. The third-order valence-corrected chi connectivity index (χ3v) is 3.97. The molecule has 10 heteroatoms. The predicted molar refractivity (Wildman–Crippen MR) is 101 cm³/mol. The molecule has 0 unspecified atom stereocenters. The van der Waals surface area contributed by atoms with E-state index in [4.69, 9.17) is 12.2 Å². The van der Waals surface area contributed by atoms with Crippen LogP contribution in [0.5, 0.6) is 0 Å². The minimum atomic E-state index is -4.70. The molecule has 2 rings (SSSR count). The molecule has 2 N–H and O–H groups in total. The van der Waals surface area contributed by atoms with Crippen LogP contribution in [-0.2, 0) is 12.4 Å². The van der Waals surface area contributed by atoms with E-state index in [1.165, 1.54) is 6.20 Å². The van der Waals surface area contributed by atoms with E-state index in [-0.39, 0.29) is 10.7 Å². The molecule has 29 heavy (non-hydrogen) atoms. The van der Waals surface area contributed by atoms with Crippen LogP contribution in [0.15, 0.2) is 42.6 Å². The van der Waals surface area contributed by atoms with Crippen LogP contribution in [0.2, 0.25) is 0 Å². The first kappa shape index (κ1) is 22.9. The monoisotopic (exact) mass is 435 g/mol. The Hall–Kier alpha value is -2.36. The summed E-state index contributed by atoms with van der Waals surface area (Å²) in [7, 11) is 0. The van der Waals surface area contributed by atoms with Crippen LogP contribution in [0, 0.1) is 0 Å². The topological polar surface area (TPSA) is 37.0 Å². The fourth-order valence-electron chi connectivity index (χ4n) is 2.57. The van der Waals surface area contributed by atoms with Crippen molar-refractivity contribution in [3.8, 4) is 0 Å². The number of benzene rings is 1. The van der Waals surface area contributed by atoms with Gasteiger partial charge in [-0.15, -0.1) is 0 Å². The summed E-state index contributed by atoms with van der Waals surface area (Å²) < 4.78 is 79.0. The minimum absolute atomic E-state index is 0.0428. The van der Waals surface area contributed by atoms with E-state index >= 15 is 0 Å². The van der Waals surface area contributed by atoms with Gasteiger partial charge in [0.2, 0.25) is 0 Å². The van der Waals surface area contributed by atoms with Crippen molar-refractivity contribution in [3.63, 3.8) is 0 Å². The van der Waals surface area contributed by atoms with Crippen molar-refractivity contribution in [1.29, 1.82) is 0 Å². The van der Waals surface area contributed by atoms with Gasteiger partial charge in [0.05, 0.1) is 22.9 Å². The van der Waals surface area contributed by atoms with Gasteiger partial charge in [-0.05, 0) is 62.8 Å². The molecule has 0 aliphatic rings. The number of pyridine rings is 1. The van der Waals surface area contributed by atoms with Crippen LogP contribution in [0.4, 0.5) is 26.3 Å². The Balaban J connectivity index is 2.52. The SMILES string of the molecule is CC(C)(C)NC(=S)N[C@@H](c1ccc(C(F)(F)F)cc1)c1ncccc1C(F)(F)F. The third-order valence-electron chi connectivity index (χ3n) is 3.75. The first-order valence-corrected chi connectivity index (χ1v) is 8.87. The maximum Gasteiger partial charge on any atom is 0.418 e. The molecule has 0 saturated carbocycles. The second-order valence-electron chi connectivity index (χ2n) is 7.34. The van der Waals surface area contributed by atoms with Gasteiger partial charge in [-0.3, -0.25) is 4.98 Å². The third kappa shape index (κ3) is 6.31. The molecule has 0 bridgehead atoms. The van der Waals surface area contributed by atoms with Gasteiger partial charge in [0.25, 0.3) is 0 Å². The fourth-order valence-corrected chi connectivity index (χ4v) is 2.99. The molecule has 1 aromatic carbocycles. The van der Waals surface area contributed by atoms with Gasteiger partial charge < -0.3 is 10.6 Å². The van der Waals surface area contributed by atoms with Crippen LogP contribution in [0.25, 0.3) is 0 Å². The van der Waals surface area contributed by atoms with Crippen molar-refractivity contribution >= 4 is 17.3 Å². The summed E-state index contributed by atoms with van der Waals surface area (Å²) in [5.74, 6) is 0. The number of nitrogens with zero attached hydrogens (tertiary/aromatic N) is 1. The average Bonchev–Trinajstić information content (AvgIpc) is 2.57. The molecule has 0 aliphatic carbocycles. The smallest absolute Gasteiger partial charge is 0.358 e. The number of thiocarbonyl (C=S) groups is 1. The van der Waals surface area contributed by atoms with Gasteiger partial charge in [-0.2, -0.15) is 26.3 Å². The van der Waals surface area contributed by atoms with Crippen LogP contribution in [-0.4, -0.2) is 15.6 Å². The van der Waals surface area contributed by atoms with Crippen molar-refractivity contribution in [1.82, 2.24) is 15.6 Å². The molecule has 0 spiro atoms. The first-order chi connectivity index (χ1) is 13.2. The standard InChI is InChI=1S/C19H19F6N3S/c1-17(2,3)28-16(29)27-14(11-6-8-12(9-7-11)18(20,21)22)15-13(19(23,24)25)5-4-10-26-15/h4-10,14H,1-3H3,(H2,27,28,29)/t14-/m0/s1. The minimum Gasteiger partial charge on any atom is -0.358 e. The second kappa shape index (κ2) is 8.17.